The Morgan fingerprint density at radius 3 is 2.52 bits per heavy atom. The van der Waals surface area contributed by atoms with Crippen LogP contribution in [0.4, 0.5) is 0 Å². The summed E-state index contributed by atoms with van der Waals surface area (Å²) in [5, 5.41) is 2.14. The highest BCUT2D eigenvalue weighted by Crippen LogP contribution is 2.36. The van der Waals surface area contributed by atoms with E-state index in [4.69, 9.17) is 4.74 Å². The fourth-order valence-electron chi connectivity index (χ4n) is 3.01. The lowest BCUT2D eigenvalue weighted by molar-refractivity contribution is 0.343. The number of fused-ring (bicyclic) bond motifs is 1. The van der Waals surface area contributed by atoms with Crippen LogP contribution in [0.15, 0.2) is 66.0 Å². The first-order valence-corrected chi connectivity index (χ1v) is 10.6. The number of hydrogen-bond acceptors (Lipinski definition) is 5. The second-order valence-electron chi connectivity index (χ2n) is 6.39. The fraction of sp³-hybridized carbons (Fsp3) is 0.182. The number of rotatable bonds is 6. The Hall–Kier alpha value is -2.37. The minimum absolute atomic E-state index is 0.648. The average molecular weight is 393 g/mol. The third-order valence-electron chi connectivity index (χ3n) is 4.14. The lowest BCUT2D eigenvalue weighted by Crippen LogP contribution is -2.01. The van der Waals surface area contributed by atoms with Crippen LogP contribution < -0.4 is 4.74 Å². The van der Waals surface area contributed by atoms with E-state index in [1.165, 1.54) is 21.6 Å². The molecule has 4 aromatic rings. The zero-order valence-corrected chi connectivity index (χ0v) is 16.9. The van der Waals surface area contributed by atoms with Crippen LogP contribution in [0.2, 0.25) is 0 Å². The van der Waals surface area contributed by atoms with Crippen LogP contribution in [-0.2, 0) is 0 Å². The molecule has 0 amide bonds. The minimum Gasteiger partial charge on any atom is -0.493 e. The molecule has 3 nitrogen and oxygen atoms in total. The van der Waals surface area contributed by atoms with Crippen molar-refractivity contribution in [1.82, 2.24) is 9.97 Å². The Balaban J connectivity index is 1.45. The maximum Gasteiger partial charge on any atom is 0.128 e. The van der Waals surface area contributed by atoms with Crippen molar-refractivity contribution in [2.45, 2.75) is 18.9 Å². The number of hydrogen-bond donors (Lipinski definition) is 0. The third-order valence-corrected chi connectivity index (χ3v) is 6.20. The molecule has 0 aliphatic heterocycles. The molecule has 0 spiro atoms. The Morgan fingerprint density at radius 2 is 1.74 bits per heavy atom. The summed E-state index contributed by atoms with van der Waals surface area (Å²) in [6.45, 7) is 4.83. The van der Waals surface area contributed by atoms with Crippen LogP contribution >= 0.6 is 23.1 Å². The number of ether oxygens (including phenoxy) is 1. The highest BCUT2D eigenvalue weighted by Gasteiger charge is 2.10. The van der Waals surface area contributed by atoms with Crippen molar-refractivity contribution in [2.75, 3.05) is 12.4 Å². The molecule has 0 atom stereocenters. The summed E-state index contributed by atoms with van der Waals surface area (Å²) >= 11 is 3.42. The SMILES string of the molecule is Cc1cc(C)cc(OCCSc2ncnc3sc(-c4ccccc4)cc23)c1. The molecule has 0 radical (unpaired) electrons. The van der Waals surface area contributed by atoms with Gasteiger partial charge in [0.2, 0.25) is 0 Å². The summed E-state index contributed by atoms with van der Waals surface area (Å²) in [7, 11) is 0. The molecule has 2 heterocycles. The summed E-state index contributed by atoms with van der Waals surface area (Å²) in [6, 6.07) is 18.9. The van der Waals surface area contributed by atoms with Gasteiger partial charge in [0, 0.05) is 16.0 Å². The van der Waals surface area contributed by atoms with Crippen LogP contribution in [0.5, 0.6) is 5.75 Å². The molecule has 4 rings (SSSR count). The molecule has 5 heteroatoms. The Labute approximate surface area is 167 Å². The van der Waals surface area contributed by atoms with Gasteiger partial charge in [0.1, 0.15) is 21.9 Å². The summed E-state index contributed by atoms with van der Waals surface area (Å²) < 4.78 is 5.91. The molecule has 0 saturated carbocycles. The van der Waals surface area contributed by atoms with Gasteiger partial charge in [-0.25, -0.2) is 9.97 Å². The van der Waals surface area contributed by atoms with Crippen LogP contribution in [0.25, 0.3) is 20.7 Å². The minimum atomic E-state index is 0.648. The Bertz CT molecular complexity index is 1040. The van der Waals surface area contributed by atoms with Crippen molar-refractivity contribution >= 4 is 33.3 Å². The van der Waals surface area contributed by atoms with Crippen molar-refractivity contribution in [3.63, 3.8) is 0 Å². The molecule has 0 unspecified atom stereocenters. The average Bonchev–Trinajstić information content (AvgIpc) is 3.10. The zero-order chi connectivity index (χ0) is 18.6. The number of thiophene rings is 1. The van der Waals surface area contributed by atoms with Crippen LogP contribution in [0.3, 0.4) is 0 Å². The molecule has 2 aromatic heterocycles. The lowest BCUT2D eigenvalue weighted by Gasteiger charge is -2.08. The van der Waals surface area contributed by atoms with Crippen molar-refractivity contribution in [3.8, 4) is 16.2 Å². The van der Waals surface area contributed by atoms with E-state index < -0.39 is 0 Å². The molecule has 0 saturated heterocycles. The molecule has 27 heavy (non-hydrogen) atoms. The first kappa shape index (κ1) is 18.0. The number of aromatic nitrogens is 2. The van der Waals surface area contributed by atoms with E-state index >= 15 is 0 Å². The summed E-state index contributed by atoms with van der Waals surface area (Å²) in [5.74, 6) is 1.78. The lowest BCUT2D eigenvalue weighted by atomic mass is 10.1. The van der Waals surface area contributed by atoms with Crippen molar-refractivity contribution in [1.29, 1.82) is 0 Å². The van der Waals surface area contributed by atoms with Gasteiger partial charge < -0.3 is 4.74 Å². The number of thioether (sulfide) groups is 1. The number of aryl methyl sites for hydroxylation is 2. The third kappa shape index (κ3) is 4.31. The molecular weight excluding hydrogens is 372 g/mol. The van der Waals surface area contributed by atoms with E-state index in [2.05, 4.69) is 72.3 Å². The largest absolute Gasteiger partial charge is 0.493 e. The van der Waals surface area contributed by atoms with Gasteiger partial charge >= 0.3 is 0 Å². The second kappa shape index (κ2) is 8.11. The van der Waals surface area contributed by atoms with E-state index in [0.717, 1.165) is 26.7 Å². The molecule has 0 fully saturated rings. The van der Waals surface area contributed by atoms with Gasteiger partial charge in [0.15, 0.2) is 0 Å². The summed E-state index contributed by atoms with van der Waals surface area (Å²) in [4.78, 5) is 11.2. The summed E-state index contributed by atoms with van der Waals surface area (Å²) in [6.07, 6.45) is 1.65. The molecule has 0 aliphatic rings. The predicted octanol–water partition coefficient (Wildman–Crippen LogP) is 6.15. The number of benzene rings is 2. The Kier molecular flexibility index (Phi) is 5.41. The van der Waals surface area contributed by atoms with Gasteiger partial charge in [0.25, 0.3) is 0 Å². The highest BCUT2D eigenvalue weighted by molar-refractivity contribution is 7.99. The maximum atomic E-state index is 5.91. The topological polar surface area (TPSA) is 35.0 Å². The van der Waals surface area contributed by atoms with Crippen molar-refractivity contribution < 1.29 is 4.74 Å². The van der Waals surface area contributed by atoms with Gasteiger partial charge in [0.05, 0.1) is 6.61 Å². The van der Waals surface area contributed by atoms with Crippen LogP contribution in [-0.4, -0.2) is 22.3 Å². The van der Waals surface area contributed by atoms with E-state index in [1.807, 2.05) is 6.07 Å². The standard InChI is InChI=1S/C22H20N2OS2/c1-15-10-16(2)12-18(11-15)25-8-9-26-21-19-13-20(17-6-4-3-5-7-17)27-22(19)24-14-23-21/h3-7,10-14H,8-9H2,1-2H3. The smallest absolute Gasteiger partial charge is 0.128 e. The van der Waals surface area contributed by atoms with Gasteiger partial charge in [-0.15, -0.1) is 23.1 Å². The van der Waals surface area contributed by atoms with E-state index in [9.17, 15) is 0 Å². The molecule has 0 N–H and O–H groups in total. The zero-order valence-electron chi connectivity index (χ0n) is 15.3. The highest BCUT2D eigenvalue weighted by atomic mass is 32.2. The molecule has 136 valence electrons. The second-order valence-corrected chi connectivity index (χ2v) is 8.51. The predicted molar refractivity (Wildman–Crippen MR) is 115 cm³/mol. The van der Waals surface area contributed by atoms with Crippen molar-refractivity contribution in [2.24, 2.45) is 0 Å². The summed E-state index contributed by atoms with van der Waals surface area (Å²) in [5.41, 5.74) is 3.67. The first-order chi connectivity index (χ1) is 13.2. The van der Waals surface area contributed by atoms with Crippen LogP contribution in [0, 0.1) is 13.8 Å². The van der Waals surface area contributed by atoms with E-state index in [0.29, 0.717) is 6.61 Å². The van der Waals surface area contributed by atoms with Gasteiger partial charge in [-0.05, 0) is 48.7 Å². The van der Waals surface area contributed by atoms with Gasteiger partial charge in [-0.3, -0.25) is 0 Å². The van der Waals surface area contributed by atoms with Gasteiger partial charge in [-0.1, -0.05) is 36.4 Å². The molecule has 0 bridgehead atoms. The van der Waals surface area contributed by atoms with Crippen molar-refractivity contribution in [3.05, 3.63) is 72.1 Å². The monoisotopic (exact) mass is 392 g/mol. The molecule has 0 aliphatic carbocycles. The number of nitrogens with zero attached hydrogens (tertiary/aromatic N) is 2. The van der Waals surface area contributed by atoms with Gasteiger partial charge in [-0.2, -0.15) is 0 Å². The Morgan fingerprint density at radius 1 is 0.963 bits per heavy atom. The van der Waals surface area contributed by atoms with E-state index in [-0.39, 0.29) is 0 Å². The molecule has 2 aromatic carbocycles. The maximum absolute atomic E-state index is 5.91. The van der Waals surface area contributed by atoms with Crippen LogP contribution in [0.1, 0.15) is 11.1 Å². The van der Waals surface area contributed by atoms with E-state index in [1.54, 1.807) is 29.4 Å². The molecular formula is C22H20N2OS2. The first-order valence-electron chi connectivity index (χ1n) is 8.83. The normalized spacial score (nSPS) is 11.0. The quantitative estimate of drug-likeness (QED) is 0.224. The fourth-order valence-corrected chi connectivity index (χ4v) is 4.87.